The van der Waals surface area contributed by atoms with Crippen LogP contribution in [0.1, 0.15) is 23.9 Å². The SMILES string of the molecule is COC(C(=O)NCCCc1ncn[nH]1)c1ccccc1. The lowest BCUT2D eigenvalue weighted by Gasteiger charge is -2.15. The molecule has 2 aromatic rings. The number of aromatic nitrogens is 3. The van der Waals surface area contributed by atoms with Gasteiger partial charge in [0, 0.05) is 20.1 Å². The summed E-state index contributed by atoms with van der Waals surface area (Å²) in [6.45, 7) is 0.576. The van der Waals surface area contributed by atoms with Crippen molar-refractivity contribution in [3.05, 3.63) is 48.0 Å². The summed E-state index contributed by atoms with van der Waals surface area (Å²) in [6.07, 6.45) is 2.46. The number of nitrogens with one attached hydrogen (secondary N) is 2. The zero-order valence-corrected chi connectivity index (χ0v) is 11.4. The van der Waals surface area contributed by atoms with Gasteiger partial charge in [-0.1, -0.05) is 30.3 Å². The van der Waals surface area contributed by atoms with Gasteiger partial charge in [-0.25, -0.2) is 4.98 Å². The first-order chi connectivity index (χ1) is 9.81. The smallest absolute Gasteiger partial charge is 0.253 e. The number of amides is 1. The van der Waals surface area contributed by atoms with Gasteiger partial charge in [0.2, 0.25) is 0 Å². The fraction of sp³-hybridized carbons (Fsp3) is 0.357. The van der Waals surface area contributed by atoms with Crippen LogP contribution < -0.4 is 5.32 Å². The summed E-state index contributed by atoms with van der Waals surface area (Å²) < 4.78 is 5.26. The van der Waals surface area contributed by atoms with Gasteiger partial charge in [-0.05, 0) is 12.0 Å². The van der Waals surface area contributed by atoms with Crippen LogP contribution in [-0.4, -0.2) is 34.7 Å². The fourth-order valence-electron chi connectivity index (χ4n) is 1.93. The summed E-state index contributed by atoms with van der Waals surface area (Å²) in [5.74, 6) is 0.696. The van der Waals surface area contributed by atoms with E-state index in [1.54, 1.807) is 0 Å². The normalized spacial score (nSPS) is 12.1. The molecule has 0 spiro atoms. The van der Waals surface area contributed by atoms with Gasteiger partial charge in [-0.3, -0.25) is 9.89 Å². The second-order valence-corrected chi connectivity index (χ2v) is 4.35. The standard InChI is InChI=1S/C14H18N4O2/c1-20-13(11-6-3-2-4-7-11)14(19)15-9-5-8-12-16-10-17-18-12/h2-4,6-7,10,13H,5,8-9H2,1H3,(H,15,19)(H,16,17,18). The highest BCUT2D eigenvalue weighted by atomic mass is 16.5. The third kappa shape index (κ3) is 3.89. The highest BCUT2D eigenvalue weighted by Gasteiger charge is 2.18. The average Bonchev–Trinajstić information content (AvgIpc) is 2.99. The van der Waals surface area contributed by atoms with Crippen molar-refractivity contribution < 1.29 is 9.53 Å². The molecule has 0 saturated heterocycles. The zero-order valence-electron chi connectivity index (χ0n) is 11.4. The molecular weight excluding hydrogens is 256 g/mol. The third-order valence-electron chi connectivity index (χ3n) is 2.93. The number of aromatic amines is 1. The molecule has 0 bridgehead atoms. The Hall–Kier alpha value is -2.21. The van der Waals surface area contributed by atoms with E-state index in [4.69, 9.17) is 4.74 Å². The van der Waals surface area contributed by atoms with Crippen molar-refractivity contribution >= 4 is 5.91 Å². The van der Waals surface area contributed by atoms with E-state index in [9.17, 15) is 4.79 Å². The number of methoxy groups -OCH3 is 1. The minimum Gasteiger partial charge on any atom is -0.367 e. The van der Waals surface area contributed by atoms with Crippen LogP contribution in [0.15, 0.2) is 36.7 Å². The molecule has 2 N–H and O–H groups in total. The predicted molar refractivity (Wildman–Crippen MR) is 73.9 cm³/mol. The Bertz CT molecular complexity index is 513. The minimum absolute atomic E-state index is 0.128. The number of carbonyl (C=O) groups is 1. The number of hydrogen-bond donors (Lipinski definition) is 2. The molecule has 0 radical (unpaired) electrons. The Labute approximate surface area is 117 Å². The Balaban J connectivity index is 1.78. The van der Waals surface area contributed by atoms with Crippen LogP contribution in [-0.2, 0) is 16.0 Å². The number of nitrogens with zero attached hydrogens (tertiary/aromatic N) is 2. The van der Waals surface area contributed by atoms with Gasteiger partial charge < -0.3 is 10.1 Å². The molecule has 1 unspecified atom stereocenters. The van der Waals surface area contributed by atoms with Crippen molar-refractivity contribution in [2.75, 3.05) is 13.7 Å². The maximum absolute atomic E-state index is 12.1. The maximum atomic E-state index is 12.1. The molecule has 2 rings (SSSR count). The van der Waals surface area contributed by atoms with Crippen molar-refractivity contribution in [3.63, 3.8) is 0 Å². The van der Waals surface area contributed by atoms with Crippen LogP contribution in [0.5, 0.6) is 0 Å². The Morgan fingerprint density at radius 2 is 2.20 bits per heavy atom. The first kappa shape index (κ1) is 14.2. The van der Waals surface area contributed by atoms with Crippen molar-refractivity contribution in [1.82, 2.24) is 20.5 Å². The fourth-order valence-corrected chi connectivity index (χ4v) is 1.93. The molecule has 6 heteroatoms. The highest BCUT2D eigenvalue weighted by Crippen LogP contribution is 2.15. The molecule has 1 aromatic heterocycles. The van der Waals surface area contributed by atoms with E-state index in [0.717, 1.165) is 24.2 Å². The van der Waals surface area contributed by atoms with Crippen LogP contribution in [0.2, 0.25) is 0 Å². The topological polar surface area (TPSA) is 79.9 Å². The van der Waals surface area contributed by atoms with Gasteiger partial charge in [0.05, 0.1) is 0 Å². The first-order valence-corrected chi connectivity index (χ1v) is 6.51. The first-order valence-electron chi connectivity index (χ1n) is 6.51. The van der Waals surface area contributed by atoms with Gasteiger partial charge >= 0.3 is 0 Å². The molecule has 0 fully saturated rings. The maximum Gasteiger partial charge on any atom is 0.253 e. The molecule has 1 atom stereocenters. The van der Waals surface area contributed by atoms with Gasteiger partial charge in [0.15, 0.2) is 6.10 Å². The molecule has 0 aliphatic carbocycles. The number of hydrogen-bond acceptors (Lipinski definition) is 4. The zero-order chi connectivity index (χ0) is 14.2. The number of aryl methyl sites for hydroxylation is 1. The Morgan fingerprint density at radius 3 is 2.85 bits per heavy atom. The second kappa shape index (κ2) is 7.40. The molecule has 20 heavy (non-hydrogen) atoms. The number of rotatable bonds is 7. The summed E-state index contributed by atoms with van der Waals surface area (Å²) in [7, 11) is 1.53. The quantitative estimate of drug-likeness (QED) is 0.744. The number of carbonyl (C=O) groups excluding carboxylic acids is 1. The predicted octanol–water partition coefficient (Wildman–Crippen LogP) is 1.24. The van der Waals surface area contributed by atoms with E-state index in [1.807, 2.05) is 30.3 Å². The van der Waals surface area contributed by atoms with Crippen LogP contribution in [0, 0.1) is 0 Å². The Kier molecular flexibility index (Phi) is 5.25. The van der Waals surface area contributed by atoms with Crippen LogP contribution in [0.3, 0.4) is 0 Å². The van der Waals surface area contributed by atoms with Crippen LogP contribution in [0.25, 0.3) is 0 Å². The summed E-state index contributed by atoms with van der Waals surface area (Å²) in [5.41, 5.74) is 0.850. The van der Waals surface area contributed by atoms with E-state index >= 15 is 0 Å². The molecule has 106 valence electrons. The largest absolute Gasteiger partial charge is 0.367 e. The lowest BCUT2D eigenvalue weighted by Crippen LogP contribution is -2.31. The van der Waals surface area contributed by atoms with Crippen molar-refractivity contribution in [1.29, 1.82) is 0 Å². The molecule has 6 nitrogen and oxygen atoms in total. The van der Waals surface area contributed by atoms with E-state index in [1.165, 1.54) is 13.4 Å². The van der Waals surface area contributed by atoms with Crippen LogP contribution in [0.4, 0.5) is 0 Å². The molecule has 1 aromatic carbocycles. The monoisotopic (exact) mass is 274 g/mol. The molecule has 1 amide bonds. The lowest BCUT2D eigenvalue weighted by molar-refractivity contribution is -0.131. The highest BCUT2D eigenvalue weighted by molar-refractivity contribution is 5.82. The van der Waals surface area contributed by atoms with Crippen molar-refractivity contribution in [2.24, 2.45) is 0 Å². The van der Waals surface area contributed by atoms with E-state index in [-0.39, 0.29) is 5.91 Å². The summed E-state index contributed by atoms with van der Waals surface area (Å²) >= 11 is 0. The van der Waals surface area contributed by atoms with E-state index in [0.29, 0.717) is 6.54 Å². The van der Waals surface area contributed by atoms with Gasteiger partial charge in [0.1, 0.15) is 12.2 Å². The molecule has 0 aliphatic rings. The minimum atomic E-state index is -0.568. The molecular formula is C14H18N4O2. The molecule has 0 saturated carbocycles. The number of H-pyrrole nitrogens is 1. The van der Waals surface area contributed by atoms with Crippen molar-refractivity contribution in [2.45, 2.75) is 18.9 Å². The summed E-state index contributed by atoms with van der Waals surface area (Å²) in [6, 6.07) is 9.44. The average molecular weight is 274 g/mol. The summed E-state index contributed by atoms with van der Waals surface area (Å²) in [4.78, 5) is 16.1. The molecule has 1 heterocycles. The van der Waals surface area contributed by atoms with E-state index < -0.39 is 6.10 Å². The van der Waals surface area contributed by atoms with Crippen molar-refractivity contribution in [3.8, 4) is 0 Å². The lowest BCUT2D eigenvalue weighted by atomic mass is 10.1. The Morgan fingerprint density at radius 1 is 1.40 bits per heavy atom. The number of ether oxygens (including phenoxy) is 1. The van der Waals surface area contributed by atoms with Gasteiger partial charge in [-0.15, -0.1) is 0 Å². The van der Waals surface area contributed by atoms with E-state index in [2.05, 4.69) is 20.5 Å². The van der Waals surface area contributed by atoms with Gasteiger partial charge in [-0.2, -0.15) is 5.10 Å². The van der Waals surface area contributed by atoms with Gasteiger partial charge in [0.25, 0.3) is 5.91 Å². The third-order valence-corrected chi connectivity index (χ3v) is 2.93. The number of benzene rings is 1. The summed E-state index contributed by atoms with van der Waals surface area (Å²) in [5, 5.41) is 9.43. The van der Waals surface area contributed by atoms with Crippen LogP contribution >= 0.6 is 0 Å². The molecule has 0 aliphatic heterocycles. The second-order valence-electron chi connectivity index (χ2n) is 4.35.